The summed E-state index contributed by atoms with van der Waals surface area (Å²) in [6.45, 7) is 0. The van der Waals surface area contributed by atoms with E-state index >= 15 is 0 Å². The number of nitrogens with two attached hydrogens (primary N) is 1. The van der Waals surface area contributed by atoms with Gasteiger partial charge in [-0.1, -0.05) is 0 Å². The van der Waals surface area contributed by atoms with E-state index < -0.39 is 5.41 Å². The summed E-state index contributed by atoms with van der Waals surface area (Å²) >= 11 is 3.29. The van der Waals surface area contributed by atoms with Gasteiger partial charge in [-0.2, -0.15) is 0 Å². The highest BCUT2D eigenvalue weighted by Gasteiger charge is 2.51. The molecule has 1 aromatic rings. The molecule has 0 saturated heterocycles. The minimum atomic E-state index is -0.458. The number of hydrogen-bond donors (Lipinski definition) is 1. The lowest BCUT2D eigenvalue weighted by molar-refractivity contribution is -0.120. The number of amides is 1. The first-order valence-corrected chi connectivity index (χ1v) is 4.86. The third-order valence-electron chi connectivity index (χ3n) is 2.44. The van der Waals surface area contributed by atoms with Gasteiger partial charge in [-0.05, 0) is 40.9 Å². The number of carbonyl (C=O) groups is 1. The number of halogens is 1. The van der Waals surface area contributed by atoms with Gasteiger partial charge in [0.05, 0.1) is 11.1 Å². The molecular formula is C9H9BrN2O. The molecule has 13 heavy (non-hydrogen) atoms. The maximum Gasteiger partial charge on any atom is 0.229 e. The summed E-state index contributed by atoms with van der Waals surface area (Å²) in [6, 6.07) is 3.73. The Kier molecular flexibility index (Phi) is 1.87. The van der Waals surface area contributed by atoms with Crippen LogP contribution in [0.2, 0.25) is 0 Å². The van der Waals surface area contributed by atoms with Gasteiger partial charge >= 0.3 is 0 Å². The highest BCUT2D eigenvalue weighted by atomic mass is 79.9. The molecule has 1 aromatic heterocycles. The first-order valence-electron chi connectivity index (χ1n) is 4.07. The Hall–Kier alpha value is -0.900. The summed E-state index contributed by atoms with van der Waals surface area (Å²) in [5, 5.41) is 0. The molecule has 1 aliphatic rings. The molecule has 1 aliphatic carbocycles. The van der Waals surface area contributed by atoms with Crippen LogP contribution in [0.3, 0.4) is 0 Å². The minimum Gasteiger partial charge on any atom is -0.369 e. The van der Waals surface area contributed by atoms with Gasteiger partial charge in [0.1, 0.15) is 0 Å². The van der Waals surface area contributed by atoms with Crippen LogP contribution in [0.1, 0.15) is 18.5 Å². The predicted octanol–water partition coefficient (Wildman–Crippen LogP) is 1.36. The molecule has 1 fully saturated rings. The third-order valence-corrected chi connectivity index (χ3v) is 2.91. The maximum absolute atomic E-state index is 11.1. The maximum atomic E-state index is 11.1. The molecule has 0 unspecified atom stereocenters. The van der Waals surface area contributed by atoms with Crippen molar-refractivity contribution in [2.24, 2.45) is 5.73 Å². The van der Waals surface area contributed by atoms with Crippen LogP contribution < -0.4 is 5.73 Å². The Morgan fingerprint density at radius 2 is 2.23 bits per heavy atom. The zero-order valence-electron chi connectivity index (χ0n) is 6.96. The molecule has 1 amide bonds. The van der Waals surface area contributed by atoms with E-state index in [1.54, 1.807) is 6.20 Å². The van der Waals surface area contributed by atoms with E-state index in [9.17, 15) is 4.79 Å². The van der Waals surface area contributed by atoms with E-state index in [0.29, 0.717) is 0 Å². The minimum absolute atomic E-state index is 0.262. The van der Waals surface area contributed by atoms with Crippen LogP contribution >= 0.6 is 15.9 Å². The van der Waals surface area contributed by atoms with Crippen LogP contribution in [-0.4, -0.2) is 10.9 Å². The first-order chi connectivity index (χ1) is 6.15. The van der Waals surface area contributed by atoms with E-state index in [4.69, 9.17) is 5.73 Å². The molecule has 2 N–H and O–H groups in total. The monoisotopic (exact) mass is 240 g/mol. The Labute approximate surface area is 84.5 Å². The lowest BCUT2D eigenvalue weighted by Crippen LogP contribution is -2.29. The zero-order valence-corrected chi connectivity index (χ0v) is 8.54. The highest BCUT2D eigenvalue weighted by Crippen LogP contribution is 2.46. The van der Waals surface area contributed by atoms with E-state index in [-0.39, 0.29) is 5.91 Å². The molecule has 1 saturated carbocycles. The van der Waals surface area contributed by atoms with Crippen molar-refractivity contribution in [3.8, 4) is 0 Å². The van der Waals surface area contributed by atoms with Gasteiger partial charge in [-0.25, -0.2) is 0 Å². The predicted molar refractivity (Wildman–Crippen MR) is 52.0 cm³/mol. The van der Waals surface area contributed by atoms with Crippen LogP contribution in [0.4, 0.5) is 0 Å². The number of nitrogens with zero attached hydrogens (tertiary/aromatic N) is 1. The van der Waals surface area contributed by atoms with Crippen molar-refractivity contribution >= 4 is 21.8 Å². The van der Waals surface area contributed by atoms with Crippen molar-refractivity contribution in [1.29, 1.82) is 0 Å². The first kappa shape index (κ1) is 8.69. The van der Waals surface area contributed by atoms with Gasteiger partial charge in [-0.15, -0.1) is 0 Å². The lowest BCUT2D eigenvalue weighted by atomic mass is 10.0. The summed E-state index contributed by atoms with van der Waals surface area (Å²) in [5.41, 5.74) is 5.65. The number of pyridine rings is 1. The molecule has 2 rings (SSSR count). The van der Waals surface area contributed by atoms with Gasteiger partial charge in [-0.3, -0.25) is 9.78 Å². The highest BCUT2D eigenvalue weighted by molar-refractivity contribution is 9.10. The fourth-order valence-corrected chi connectivity index (χ4v) is 1.65. The summed E-state index contributed by atoms with van der Waals surface area (Å²) in [5.74, 6) is -0.262. The Morgan fingerprint density at radius 3 is 2.62 bits per heavy atom. The van der Waals surface area contributed by atoms with Crippen molar-refractivity contribution < 1.29 is 4.79 Å². The van der Waals surface area contributed by atoms with Crippen LogP contribution in [-0.2, 0) is 10.2 Å². The average Bonchev–Trinajstić information content (AvgIpc) is 2.86. The van der Waals surface area contributed by atoms with E-state index in [1.165, 1.54) is 0 Å². The van der Waals surface area contributed by atoms with Crippen molar-refractivity contribution in [3.63, 3.8) is 0 Å². The number of rotatable bonds is 2. The second-order valence-electron chi connectivity index (χ2n) is 3.31. The molecular weight excluding hydrogens is 232 g/mol. The molecule has 4 heteroatoms. The summed E-state index contributed by atoms with van der Waals surface area (Å²) in [4.78, 5) is 15.3. The number of hydrogen-bond acceptors (Lipinski definition) is 2. The van der Waals surface area contributed by atoms with Crippen molar-refractivity contribution in [3.05, 3.63) is 28.5 Å². The molecule has 0 radical (unpaired) electrons. The van der Waals surface area contributed by atoms with Crippen LogP contribution in [0, 0.1) is 0 Å². The van der Waals surface area contributed by atoms with Crippen molar-refractivity contribution in [2.45, 2.75) is 18.3 Å². The van der Waals surface area contributed by atoms with Crippen LogP contribution in [0.15, 0.2) is 22.8 Å². The molecule has 0 spiro atoms. The molecule has 0 aromatic carbocycles. The zero-order chi connectivity index (χ0) is 9.47. The Bertz CT molecular complexity index is 343. The largest absolute Gasteiger partial charge is 0.369 e. The smallest absolute Gasteiger partial charge is 0.229 e. The topological polar surface area (TPSA) is 56.0 Å². The molecule has 1 heterocycles. The summed E-state index contributed by atoms with van der Waals surface area (Å²) < 4.78 is 0.913. The summed E-state index contributed by atoms with van der Waals surface area (Å²) in [6.07, 6.45) is 3.35. The number of carbonyl (C=O) groups excluding carboxylic acids is 1. The fraction of sp³-hybridized carbons (Fsp3) is 0.333. The molecule has 0 aliphatic heterocycles. The van der Waals surface area contributed by atoms with Gasteiger partial charge < -0.3 is 5.73 Å². The van der Waals surface area contributed by atoms with E-state index in [1.807, 2.05) is 12.1 Å². The average molecular weight is 241 g/mol. The summed E-state index contributed by atoms with van der Waals surface area (Å²) in [7, 11) is 0. The molecule has 68 valence electrons. The Balaban J connectivity index is 2.36. The molecule has 3 nitrogen and oxygen atoms in total. The normalized spacial score (nSPS) is 18.2. The second kappa shape index (κ2) is 2.80. The van der Waals surface area contributed by atoms with E-state index in [2.05, 4.69) is 20.9 Å². The second-order valence-corrected chi connectivity index (χ2v) is 4.22. The van der Waals surface area contributed by atoms with Gasteiger partial charge in [0.15, 0.2) is 0 Å². The van der Waals surface area contributed by atoms with Crippen molar-refractivity contribution in [1.82, 2.24) is 4.98 Å². The number of primary amides is 1. The van der Waals surface area contributed by atoms with Crippen LogP contribution in [0.25, 0.3) is 0 Å². The third kappa shape index (κ3) is 1.35. The van der Waals surface area contributed by atoms with Gasteiger partial charge in [0, 0.05) is 10.7 Å². The fourth-order valence-electron chi connectivity index (χ4n) is 1.41. The van der Waals surface area contributed by atoms with Gasteiger partial charge in [0.25, 0.3) is 0 Å². The lowest BCUT2D eigenvalue weighted by Gasteiger charge is -2.09. The SMILES string of the molecule is NC(=O)C1(c2ccc(Br)cn2)CC1. The van der Waals surface area contributed by atoms with Gasteiger partial charge in [0.2, 0.25) is 5.91 Å². The van der Waals surface area contributed by atoms with E-state index in [0.717, 1.165) is 23.0 Å². The van der Waals surface area contributed by atoms with Crippen molar-refractivity contribution in [2.75, 3.05) is 0 Å². The standard InChI is InChI=1S/C9H9BrN2O/c10-6-1-2-7(12-5-6)9(3-4-9)8(11)13/h1-2,5H,3-4H2,(H2,11,13). The Morgan fingerprint density at radius 1 is 1.54 bits per heavy atom. The molecule has 0 bridgehead atoms. The van der Waals surface area contributed by atoms with Crippen LogP contribution in [0.5, 0.6) is 0 Å². The quantitative estimate of drug-likeness (QED) is 0.849. The molecule has 0 atom stereocenters. The number of aromatic nitrogens is 1.